The monoisotopic (exact) mass is 297 g/mol. The van der Waals surface area contributed by atoms with Crippen molar-refractivity contribution in [3.05, 3.63) is 52.5 Å². The average Bonchev–Trinajstić information content (AvgIpc) is 2.44. The summed E-state index contributed by atoms with van der Waals surface area (Å²) < 4.78 is 0. The maximum absolute atomic E-state index is 11.8. The highest BCUT2D eigenvalue weighted by atomic mass is 32.2. The number of nitrogens with zero attached hydrogens (tertiary/aromatic N) is 3. The van der Waals surface area contributed by atoms with Crippen molar-refractivity contribution in [3.8, 4) is 6.07 Å². The highest BCUT2D eigenvalue weighted by molar-refractivity contribution is 7.98. The lowest BCUT2D eigenvalue weighted by molar-refractivity contribution is 0.101. The molecule has 2 rings (SSSR count). The van der Waals surface area contributed by atoms with Gasteiger partial charge in [-0.1, -0.05) is 18.2 Å². The SMILES string of the molecule is CC(=O)c1c(C)nc(C)nc1SCc1ccccc1C#N. The maximum Gasteiger partial charge on any atom is 0.164 e. The molecule has 1 heterocycles. The van der Waals surface area contributed by atoms with Gasteiger partial charge in [0, 0.05) is 5.75 Å². The Labute approximate surface area is 128 Å². The molecule has 21 heavy (non-hydrogen) atoms. The number of ketones is 1. The molecule has 0 spiro atoms. The summed E-state index contributed by atoms with van der Waals surface area (Å²) in [4.78, 5) is 20.4. The molecule has 106 valence electrons. The molecule has 0 N–H and O–H groups in total. The van der Waals surface area contributed by atoms with Gasteiger partial charge in [0.2, 0.25) is 0 Å². The topological polar surface area (TPSA) is 66.6 Å². The van der Waals surface area contributed by atoms with Gasteiger partial charge in [-0.25, -0.2) is 9.97 Å². The second-order valence-corrected chi connectivity index (χ2v) is 5.61. The van der Waals surface area contributed by atoms with E-state index in [4.69, 9.17) is 5.26 Å². The van der Waals surface area contributed by atoms with E-state index in [0.29, 0.717) is 33.4 Å². The molecule has 5 heteroatoms. The Morgan fingerprint density at radius 2 is 2.00 bits per heavy atom. The van der Waals surface area contributed by atoms with Crippen LogP contribution in [0.1, 0.15) is 39.9 Å². The van der Waals surface area contributed by atoms with Crippen LogP contribution in [0, 0.1) is 25.2 Å². The lowest BCUT2D eigenvalue weighted by atomic mass is 10.1. The number of benzene rings is 1. The second-order valence-electron chi connectivity index (χ2n) is 4.65. The minimum atomic E-state index is -0.0384. The van der Waals surface area contributed by atoms with Crippen LogP contribution >= 0.6 is 11.8 Å². The summed E-state index contributed by atoms with van der Waals surface area (Å²) in [5.41, 5.74) is 2.86. The third kappa shape index (κ3) is 3.47. The fourth-order valence-electron chi connectivity index (χ4n) is 2.09. The number of Topliss-reactive ketones (excluding diaryl/α,β-unsaturated/α-hetero) is 1. The number of thioether (sulfide) groups is 1. The lowest BCUT2D eigenvalue weighted by Gasteiger charge is -2.10. The molecule has 2 aromatic rings. The first-order chi connectivity index (χ1) is 10.0. The summed E-state index contributed by atoms with van der Waals surface area (Å²) >= 11 is 1.46. The normalized spacial score (nSPS) is 10.2. The number of hydrogen-bond donors (Lipinski definition) is 0. The van der Waals surface area contributed by atoms with Crippen molar-refractivity contribution in [3.63, 3.8) is 0 Å². The van der Waals surface area contributed by atoms with E-state index in [9.17, 15) is 4.79 Å². The minimum absolute atomic E-state index is 0.0384. The molecule has 0 aliphatic heterocycles. The van der Waals surface area contributed by atoms with E-state index in [1.165, 1.54) is 18.7 Å². The Kier molecular flexibility index (Phi) is 4.71. The highest BCUT2D eigenvalue weighted by Gasteiger charge is 2.15. The van der Waals surface area contributed by atoms with Crippen LogP contribution in [-0.2, 0) is 5.75 Å². The van der Waals surface area contributed by atoms with Gasteiger partial charge in [-0.2, -0.15) is 5.26 Å². The quantitative estimate of drug-likeness (QED) is 0.491. The van der Waals surface area contributed by atoms with Crippen molar-refractivity contribution in [1.82, 2.24) is 9.97 Å². The smallest absolute Gasteiger partial charge is 0.164 e. The van der Waals surface area contributed by atoms with E-state index >= 15 is 0 Å². The highest BCUT2D eigenvalue weighted by Crippen LogP contribution is 2.27. The van der Waals surface area contributed by atoms with Gasteiger partial charge in [0.15, 0.2) is 5.78 Å². The van der Waals surface area contributed by atoms with Crippen molar-refractivity contribution in [2.75, 3.05) is 0 Å². The van der Waals surface area contributed by atoms with Crippen molar-refractivity contribution in [2.45, 2.75) is 31.6 Å². The third-order valence-electron chi connectivity index (χ3n) is 3.02. The van der Waals surface area contributed by atoms with Crippen LogP contribution in [0.25, 0.3) is 0 Å². The molecule has 0 amide bonds. The molecule has 0 unspecified atom stereocenters. The van der Waals surface area contributed by atoms with Gasteiger partial charge in [0.1, 0.15) is 10.9 Å². The van der Waals surface area contributed by atoms with E-state index in [0.717, 1.165) is 5.56 Å². The Morgan fingerprint density at radius 1 is 1.29 bits per heavy atom. The first-order valence-corrected chi connectivity index (χ1v) is 7.48. The van der Waals surface area contributed by atoms with Gasteiger partial charge in [-0.05, 0) is 32.4 Å². The van der Waals surface area contributed by atoms with Crippen LogP contribution in [0.4, 0.5) is 0 Å². The molecule has 0 saturated heterocycles. The van der Waals surface area contributed by atoms with E-state index in [-0.39, 0.29) is 5.78 Å². The number of aromatic nitrogens is 2. The first-order valence-electron chi connectivity index (χ1n) is 6.50. The van der Waals surface area contributed by atoms with Crippen LogP contribution in [0.5, 0.6) is 0 Å². The van der Waals surface area contributed by atoms with E-state index in [1.807, 2.05) is 32.0 Å². The number of carbonyl (C=O) groups excluding carboxylic acids is 1. The summed E-state index contributed by atoms with van der Waals surface area (Å²) in [6, 6.07) is 9.63. The molecule has 0 saturated carbocycles. The number of aryl methyl sites for hydroxylation is 2. The number of rotatable bonds is 4. The van der Waals surface area contributed by atoms with Gasteiger partial charge in [-0.3, -0.25) is 4.79 Å². The van der Waals surface area contributed by atoms with E-state index in [1.54, 1.807) is 6.07 Å². The molecule has 1 aromatic heterocycles. The fraction of sp³-hybridized carbons (Fsp3) is 0.250. The fourth-order valence-corrected chi connectivity index (χ4v) is 3.27. The maximum atomic E-state index is 11.8. The Morgan fingerprint density at radius 3 is 2.67 bits per heavy atom. The average molecular weight is 297 g/mol. The number of hydrogen-bond acceptors (Lipinski definition) is 5. The van der Waals surface area contributed by atoms with Crippen LogP contribution in [0.3, 0.4) is 0 Å². The van der Waals surface area contributed by atoms with Gasteiger partial charge in [0.25, 0.3) is 0 Å². The molecule has 0 bridgehead atoms. The van der Waals surface area contributed by atoms with E-state index in [2.05, 4.69) is 16.0 Å². The van der Waals surface area contributed by atoms with Gasteiger partial charge < -0.3 is 0 Å². The standard InChI is InChI=1S/C16H15N3OS/c1-10-15(11(2)20)16(19-12(3)18-10)21-9-14-7-5-4-6-13(14)8-17/h4-7H,9H2,1-3H3. The lowest BCUT2D eigenvalue weighted by Crippen LogP contribution is -2.06. The van der Waals surface area contributed by atoms with Gasteiger partial charge in [0.05, 0.1) is 22.9 Å². The Balaban J connectivity index is 2.32. The summed E-state index contributed by atoms with van der Waals surface area (Å²) in [5, 5.41) is 9.79. The van der Waals surface area contributed by atoms with Crippen molar-refractivity contribution in [2.24, 2.45) is 0 Å². The zero-order valence-electron chi connectivity index (χ0n) is 12.2. The van der Waals surface area contributed by atoms with Crippen LogP contribution in [-0.4, -0.2) is 15.8 Å². The molecule has 4 nitrogen and oxygen atoms in total. The molecule has 0 fully saturated rings. The van der Waals surface area contributed by atoms with Crippen LogP contribution in [0.2, 0.25) is 0 Å². The van der Waals surface area contributed by atoms with Crippen LogP contribution in [0.15, 0.2) is 29.3 Å². The predicted molar refractivity (Wildman–Crippen MR) is 82.2 cm³/mol. The van der Waals surface area contributed by atoms with E-state index < -0.39 is 0 Å². The summed E-state index contributed by atoms with van der Waals surface area (Å²) in [5.74, 6) is 1.21. The first kappa shape index (κ1) is 15.2. The number of nitriles is 1. The molecule has 0 aliphatic carbocycles. The molecule has 1 aromatic carbocycles. The second kappa shape index (κ2) is 6.51. The van der Waals surface area contributed by atoms with Crippen LogP contribution < -0.4 is 0 Å². The molecule has 0 aliphatic rings. The number of carbonyl (C=O) groups is 1. The van der Waals surface area contributed by atoms with Crippen molar-refractivity contribution in [1.29, 1.82) is 5.26 Å². The Bertz CT molecular complexity index is 735. The Hall–Kier alpha value is -2.19. The molecule has 0 atom stereocenters. The van der Waals surface area contributed by atoms with Gasteiger partial charge in [-0.15, -0.1) is 11.8 Å². The summed E-state index contributed by atoms with van der Waals surface area (Å²) in [7, 11) is 0. The minimum Gasteiger partial charge on any atom is -0.294 e. The summed E-state index contributed by atoms with van der Waals surface area (Å²) in [6.07, 6.45) is 0. The zero-order chi connectivity index (χ0) is 15.4. The molecule has 0 radical (unpaired) electrons. The third-order valence-corrected chi connectivity index (χ3v) is 4.05. The molecular formula is C16H15N3OS. The predicted octanol–water partition coefficient (Wildman–Crippen LogP) is 3.46. The van der Waals surface area contributed by atoms with Gasteiger partial charge >= 0.3 is 0 Å². The van der Waals surface area contributed by atoms with Crippen molar-refractivity contribution < 1.29 is 4.79 Å². The summed E-state index contributed by atoms with van der Waals surface area (Å²) in [6.45, 7) is 5.15. The largest absolute Gasteiger partial charge is 0.294 e. The zero-order valence-corrected chi connectivity index (χ0v) is 13.0. The van der Waals surface area contributed by atoms with Crippen molar-refractivity contribution >= 4 is 17.5 Å². The molecular weight excluding hydrogens is 282 g/mol.